The van der Waals surface area contributed by atoms with Crippen LogP contribution in [-0.2, 0) is 16.6 Å². The maximum atomic E-state index is 11.2. The maximum absolute atomic E-state index is 11.2. The Morgan fingerprint density at radius 3 is 2.52 bits per heavy atom. The lowest BCUT2D eigenvalue weighted by Crippen LogP contribution is -2.08. The van der Waals surface area contributed by atoms with E-state index in [0.29, 0.717) is 5.16 Å². The Kier molecular flexibility index (Phi) is 4.85. The molecule has 7 heteroatoms. The zero-order chi connectivity index (χ0) is 15.4. The van der Waals surface area contributed by atoms with Gasteiger partial charge in [0.2, 0.25) is 0 Å². The molecular formula is C14H18N4O2S. The fraction of sp³-hybridized carbons (Fsp3) is 0.357. The maximum Gasteiger partial charge on any atom is 0.316 e. The van der Waals surface area contributed by atoms with Gasteiger partial charge in [0.15, 0.2) is 11.0 Å². The minimum absolute atomic E-state index is 0.224. The average molecular weight is 306 g/mol. The highest BCUT2D eigenvalue weighted by Crippen LogP contribution is 2.24. The fourth-order valence-corrected chi connectivity index (χ4v) is 2.53. The Labute approximate surface area is 128 Å². The van der Waals surface area contributed by atoms with Crippen molar-refractivity contribution in [2.75, 3.05) is 31.9 Å². The van der Waals surface area contributed by atoms with E-state index in [0.717, 1.165) is 17.1 Å². The number of thioether (sulfide) groups is 1. The molecular weight excluding hydrogens is 288 g/mol. The van der Waals surface area contributed by atoms with Gasteiger partial charge >= 0.3 is 5.97 Å². The molecule has 0 saturated carbocycles. The van der Waals surface area contributed by atoms with Gasteiger partial charge in [0.1, 0.15) is 0 Å². The zero-order valence-corrected chi connectivity index (χ0v) is 13.3. The molecule has 2 aromatic rings. The number of methoxy groups -OCH3 is 1. The molecule has 6 nitrogen and oxygen atoms in total. The lowest BCUT2D eigenvalue weighted by molar-refractivity contribution is -0.137. The molecule has 1 aromatic carbocycles. The second kappa shape index (κ2) is 6.62. The van der Waals surface area contributed by atoms with Crippen LogP contribution in [0.3, 0.4) is 0 Å². The average Bonchev–Trinajstić information content (AvgIpc) is 2.86. The van der Waals surface area contributed by atoms with Gasteiger partial charge in [0.05, 0.1) is 12.9 Å². The highest BCUT2D eigenvalue weighted by atomic mass is 32.2. The first-order valence-corrected chi connectivity index (χ1v) is 7.38. The first kappa shape index (κ1) is 15.4. The molecule has 0 saturated heterocycles. The van der Waals surface area contributed by atoms with Gasteiger partial charge in [-0.1, -0.05) is 11.8 Å². The molecule has 112 valence electrons. The predicted octanol–water partition coefficient (Wildman–Crippen LogP) is 1.81. The molecule has 0 bridgehead atoms. The van der Waals surface area contributed by atoms with Crippen molar-refractivity contribution in [1.82, 2.24) is 14.8 Å². The van der Waals surface area contributed by atoms with E-state index in [1.165, 1.54) is 18.9 Å². The van der Waals surface area contributed by atoms with Crippen LogP contribution in [0, 0.1) is 0 Å². The topological polar surface area (TPSA) is 60.2 Å². The number of ether oxygens (including phenoxy) is 1. The van der Waals surface area contributed by atoms with Gasteiger partial charge in [0.25, 0.3) is 0 Å². The van der Waals surface area contributed by atoms with Gasteiger partial charge < -0.3 is 14.2 Å². The molecule has 0 amide bonds. The number of aromatic nitrogens is 3. The summed E-state index contributed by atoms with van der Waals surface area (Å²) < 4.78 is 6.49. The summed E-state index contributed by atoms with van der Waals surface area (Å²) in [6.45, 7) is 0. The molecule has 0 unspecified atom stereocenters. The summed E-state index contributed by atoms with van der Waals surface area (Å²) in [6, 6.07) is 8.08. The van der Waals surface area contributed by atoms with E-state index in [1.807, 2.05) is 54.9 Å². The number of hydrogen-bond acceptors (Lipinski definition) is 6. The van der Waals surface area contributed by atoms with Gasteiger partial charge in [-0.15, -0.1) is 10.2 Å². The highest BCUT2D eigenvalue weighted by molar-refractivity contribution is 7.99. The van der Waals surface area contributed by atoms with Crippen LogP contribution in [0.4, 0.5) is 5.69 Å². The number of benzene rings is 1. The smallest absolute Gasteiger partial charge is 0.316 e. The summed E-state index contributed by atoms with van der Waals surface area (Å²) in [6.07, 6.45) is 0. The van der Waals surface area contributed by atoms with Crippen molar-refractivity contribution in [1.29, 1.82) is 0 Å². The number of rotatable bonds is 5. The third kappa shape index (κ3) is 3.55. The summed E-state index contributed by atoms with van der Waals surface area (Å²) >= 11 is 1.31. The second-order valence-corrected chi connectivity index (χ2v) is 5.61. The third-order valence-corrected chi connectivity index (χ3v) is 4.02. The standard InChI is InChI=1S/C14H18N4O2S/c1-17(2)11-7-5-10(6-8-11)13-15-16-14(18(13)3)21-9-12(19)20-4/h5-8H,9H2,1-4H3. The number of anilines is 1. The largest absolute Gasteiger partial charge is 0.468 e. The Morgan fingerprint density at radius 2 is 1.95 bits per heavy atom. The van der Waals surface area contributed by atoms with Crippen LogP contribution in [0.25, 0.3) is 11.4 Å². The molecule has 21 heavy (non-hydrogen) atoms. The number of carbonyl (C=O) groups is 1. The molecule has 0 aliphatic carbocycles. The van der Waals surface area contributed by atoms with Crippen LogP contribution < -0.4 is 4.90 Å². The minimum Gasteiger partial charge on any atom is -0.468 e. The van der Waals surface area contributed by atoms with E-state index < -0.39 is 0 Å². The monoisotopic (exact) mass is 306 g/mol. The van der Waals surface area contributed by atoms with E-state index >= 15 is 0 Å². The first-order valence-electron chi connectivity index (χ1n) is 6.39. The molecule has 2 rings (SSSR count). The first-order chi connectivity index (χ1) is 10.0. The normalized spacial score (nSPS) is 10.5. The molecule has 0 spiro atoms. The number of carbonyl (C=O) groups excluding carboxylic acids is 1. The van der Waals surface area contributed by atoms with Crippen LogP contribution in [0.1, 0.15) is 0 Å². The number of nitrogens with zero attached hydrogens (tertiary/aromatic N) is 4. The molecule has 0 fully saturated rings. The summed E-state index contributed by atoms with van der Waals surface area (Å²) in [7, 11) is 7.25. The van der Waals surface area contributed by atoms with Gasteiger partial charge in [-0.3, -0.25) is 4.79 Å². The van der Waals surface area contributed by atoms with Crippen LogP contribution in [0.5, 0.6) is 0 Å². The summed E-state index contributed by atoms with van der Waals surface area (Å²) in [5.74, 6) is 0.717. The van der Waals surface area contributed by atoms with Gasteiger partial charge in [-0.2, -0.15) is 0 Å². The van der Waals surface area contributed by atoms with Crippen LogP contribution >= 0.6 is 11.8 Å². The summed E-state index contributed by atoms with van der Waals surface area (Å²) in [5, 5.41) is 8.99. The number of esters is 1. The van der Waals surface area contributed by atoms with E-state index in [4.69, 9.17) is 0 Å². The fourth-order valence-electron chi connectivity index (χ4n) is 1.78. The SMILES string of the molecule is COC(=O)CSc1nnc(-c2ccc(N(C)C)cc2)n1C. The van der Waals surface area contributed by atoms with Crippen molar-refractivity contribution in [3.8, 4) is 11.4 Å². The van der Waals surface area contributed by atoms with Crippen LogP contribution in [-0.4, -0.2) is 47.7 Å². The Hall–Kier alpha value is -2.02. The van der Waals surface area contributed by atoms with Gasteiger partial charge in [-0.25, -0.2) is 0 Å². The molecule has 0 radical (unpaired) electrons. The molecule has 0 atom stereocenters. The Morgan fingerprint density at radius 1 is 1.29 bits per heavy atom. The summed E-state index contributed by atoms with van der Waals surface area (Å²) in [5.41, 5.74) is 2.11. The van der Waals surface area contributed by atoms with Crippen molar-refractivity contribution >= 4 is 23.4 Å². The van der Waals surface area contributed by atoms with Crippen molar-refractivity contribution in [3.63, 3.8) is 0 Å². The molecule has 1 aromatic heterocycles. The predicted molar refractivity (Wildman–Crippen MR) is 83.5 cm³/mol. The van der Waals surface area contributed by atoms with E-state index in [1.54, 1.807) is 0 Å². The summed E-state index contributed by atoms with van der Waals surface area (Å²) in [4.78, 5) is 13.2. The lowest BCUT2D eigenvalue weighted by Gasteiger charge is -2.12. The van der Waals surface area contributed by atoms with Crippen molar-refractivity contribution < 1.29 is 9.53 Å². The quantitative estimate of drug-likeness (QED) is 0.620. The van der Waals surface area contributed by atoms with E-state index in [9.17, 15) is 4.79 Å². The molecule has 0 aliphatic heterocycles. The lowest BCUT2D eigenvalue weighted by atomic mass is 10.2. The molecule has 0 N–H and O–H groups in total. The van der Waals surface area contributed by atoms with Gasteiger partial charge in [-0.05, 0) is 24.3 Å². The van der Waals surface area contributed by atoms with E-state index in [-0.39, 0.29) is 11.7 Å². The molecule has 1 heterocycles. The van der Waals surface area contributed by atoms with Crippen LogP contribution in [0.2, 0.25) is 0 Å². The minimum atomic E-state index is -0.278. The Bertz CT molecular complexity index is 622. The van der Waals surface area contributed by atoms with Gasteiger partial charge in [0, 0.05) is 32.4 Å². The van der Waals surface area contributed by atoms with Crippen LogP contribution in [0.15, 0.2) is 29.4 Å². The van der Waals surface area contributed by atoms with Crippen molar-refractivity contribution in [2.24, 2.45) is 7.05 Å². The number of hydrogen-bond donors (Lipinski definition) is 0. The van der Waals surface area contributed by atoms with E-state index in [2.05, 4.69) is 14.9 Å². The Balaban J connectivity index is 2.17. The zero-order valence-electron chi connectivity index (χ0n) is 12.5. The second-order valence-electron chi connectivity index (χ2n) is 4.67. The molecule has 0 aliphatic rings. The van der Waals surface area contributed by atoms with Crippen molar-refractivity contribution in [3.05, 3.63) is 24.3 Å². The van der Waals surface area contributed by atoms with Crippen molar-refractivity contribution in [2.45, 2.75) is 5.16 Å². The third-order valence-electron chi connectivity index (χ3n) is 3.02. The highest BCUT2D eigenvalue weighted by Gasteiger charge is 2.13.